The number of fused-ring (bicyclic) bond motifs is 1. The molecule has 1 atom stereocenters. The van der Waals surface area contributed by atoms with Crippen molar-refractivity contribution in [2.45, 2.75) is 25.7 Å². The number of hydrogen-bond donors (Lipinski definition) is 3. The number of carbonyl (C=O) groups excluding carboxylic acids is 2. The molecule has 0 spiro atoms. The number of ketones is 1. The maximum Gasteiger partial charge on any atom is 0.251 e. The van der Waals surface area contributed by atoms with Gasteiger partial charge < -0.3 is 25.0 Å². The van der Waals surface area contributed by atoms with E-state index in [1.54, 1.807) is 67.8 Å². The van der Waals surface area contributed by atoms with E-state index >= 15 is 0 Å². The number of aromatic nitrogens is 1. The molecule has 3 aromatic carbocycles. The Labute approximate surface area is 229 Å². The van der Waals surface area contributed by atoms with E-state index in [2.05, 4.69) is 16.4 Å². The van der Waals surface area contributed by atoms with Gasteiger partial charge in [0.05, 0.1) is 48.1 Å². The molecule has 0 aliphatic rings. The molecule has 10 heteroatoms. The number of Topliss-reactive ketones (excluding diaryl/α,β-unsaturated/α-hetero) is 1. The highest BCUT2D eigenvalue weighted by Gasteiger charge is 2.25. The largest absolute Gasteiger partial charge is 0.478 e. The van der Waals surface area contributed by atoms with Crippen LogP contribution in [0.15, 0.2) is 60.7 Å². The van der Waals surface area contributed by atoms with Gasteiger partial charge in [-0.3, -0.25) is 9.59 Å². The van der Waals surface area contributed by atoms with E-state index in [0.717, 1.165) is 4.70 Å². The minimum absolute atomic E-state index is 0.00702. The number of amides is 1. The molecule has 39 heavy (non-hydrogen) atoms. The van der Waals surface area contributed by atoms with Crippen molar-refractivity contribution in [2.75, 3.05) is 20.3 Å². The fourth-order valence-corrected chi connectivity index (χ4v) is 4.98. The SMILES string of the molecule is COCCNC(=O)c1ccc(OC(C(=O)Cc2nc3cc(CO)c(CO)cc3s2)c2ccc(C#N)cc2)cc1. The number of aliphatic hydroxyl groups is 2. The molecule has 200 valence electrons. The summed E-state index contributed by atoms with van der Waals surface area (Å²) in [5, 5.41) is 31.6. The number of aliphatic hydroxyl groups excluding tert-OH is 2. The number of carbonyl (C=O) groups is 2. The Morgan fingerprint density at radius 1 is 1.05 bits per heavy atom. The molecule has 0 bridgehead atoms. The summed E-state index contributed by atoms with van der Waals surface area (Å²) >= 11 is 1.34. The molecular formula is C29H27N3O6S. The normalized spacial score (nSPS) is 11.6. The van der Waals surface area contributed by atoms with Crippen molar-refractivity contribution in [3.05, 3.63) is 93.5 Å². The monoisotopic (exact) mass is 545 g/mol. The number of rotatable bonds is 12. The number of nitrogens with one attached hydrogen (secondary N) is 1. The molecule has 0 saturated heterocycles. The molecule has 0 saturated carbocycles. The van der Waals surface area contributed by atoms with E-state index in [1.165, 1.54) is 11.3 Å². The topological polar surface area (TPSA) is 142 Å². The second-order valence-electron chi connectivity index (χ2n) is 8.66. The lowest BCUT2D eigenvalue weighted by Gasteiger charge is -2.18. The molecule has 4 aromatic rings. The lowest BCUT2D eigenvalue weighted by atomic mass is 10.0. The van der Waals surface area contributed by atoms with Gasteiger partial charge in [0.2, 0.25) is 0 Å². The first-order valence-electron chi connectivity index (χ1n) is 12.1. The molecule has 0 radical (unpaired) electrons. The van der Waals surface area contributed by atoms with Crippen LogP contribution in [0.25, 0.3) is 10.2 Å². The lowest BCUT2D eigenvalue weighted by Crippen LogP contribution is -2.26. The van der Waals surface area contributed by atoms with Crippen LogP contribution in [0.4, 0.5) is 0 Å². The van der Waals surface area contributed by atoms with E-state index in [1.807, 2.05) is 0 Å². The number of ether oxygens (including phenoxy) is 2. The lowest BCUT2D eigenvalue weighted by molar-refractivity contribution is -0.125. The zero-order valence-corrected chi connectivity index (χ0v) is 22.0. The van der Waals surface area contributed by atoms with Crippen LogP contribution in [-0.2, 0) is 29.2 Å². The fourth-order valence-electron chi connectivity index (χ4n) is 3.96. The summed E-state index contributed by atoms with van der Waals surface area (Å²) in [6.45, 7) is 0.360. The van der Waals surface area contributed by atoms with Gasteiger partial charge in [-0.1, -0.05) is 12.1 Å². The summed E-state index contributed by atoms with van der Waals surface area (Å²) in [5.74, 6) is -0.0941. The average molecular weight is 546 g/mol. The number of nitriles is 1. The van der Waals surface area contributed by atoms with Crippen LogP contribution < -0.4 is 10.1 Å². The number of benzene rings is 3. The van der Waals surface area contributed by atoms with E-state index in [9.17, 15) is 19.8 Å². The van der Waals surface area contributed by atoms with Gasteiger partial charge in [0, 0.05) is 19.2 Å². The van der Waals surface area contributed by atoms with Crippen molar-refractivity contribution in [1.29, 1.82) is 5.26 Å². The zero-order valence-electron chi connectivity index (χ0n) is 21.2. The molecule has 9 nitrogen and oxygen atoms in total. The van der Waals surface area contributed by atoms with Crippen LogP contribution in [0.1, 0.15) is 43.7 Å². The van der Waals surface area contributed by atoms with Gasteiger partial charge in [0.25, 0.3) is 5.91 Å². The average Bonchev–Trinajstić information content (AvgIpc) is 3.36. The Balaban J connectivity index is 1.57. The smallest absolute Gasteiger partial charge is 0.251 e. The minimum Gasteiger partial charge on any atom is -0.478 e. The number of methoxy groups -OCH3 is 1. The Bertz CT molecular complexity index is 1450. The van der Waals surface area contributed by atoms with Crippen molar-refractivity contribution in [1.82, 2.24) is 10.3 Å². The van der Waals surface area contributed by atoms with Crippen LogP contribution in [0.3, 0.4) is 0 Å². The fraction of sp³-hybridized carbons (Fsp3) is 0.241. The van der Waals surface area contributed by atoms with Crippen molar-refractivity contribution in [2.24, 2.45) is 0 Å². The summed E-state index contributed by atoms with van der Waals surface area (Å²) < 4.78 is 11.9. The second-order valence-corrected chi connectivity index (χ2v) is 9.78. The molecule has 1 heterocycles. The second kappa shape index (κ2) is 13.1. The molecule has 3 N–H and O–H groups in total. The zero-order chi connectivity index (χ0) is 27.8. The summed E-state index contributed by atoms with van der Waals surface area (Å²) in [4.78, 5) is 30.4. The highest BCUT2D eigenvalue weighted by atomic mass is 32.1. The van der Waals surface area contributed by atoms with Gasteiger partial charge in [0.15, 0.2) is 11.9 Å². The first kappa shape index (κ1) is 27.9. The molecule has 4 rings (SSSR count). The van der Waals surface area contributed by atoms with Gasteiger partial charge in [-0.25, -0.2) is 4.98 Å². The molecular weight excluding hydrogens is 518 g/mol. The Morgan fingerprint density at radius 3 is 2.38 bits per heavy atom. The Hall–Kier alpha value is -4.14. The van der Waals surface area contributed by atoms with Crippen LogP contribution in [0, 0.1) is 11.3 Å². The third-order valence-electron chi connectivity index (χ3n) is 6.02. The summed E-state index contributed by atoms with van der Waals surface area (Å²) in [7, 11) is 1.56. The van der Waals surface area contributed by atoms with Gasteiger partial charge >= 0.3 is 0 Å². The van der Waals surface area contributed by atoms with Crippen molar-refractivity contribution in [3.63, 3.8) is 0 Å². The first-order valence-corrected chi connectivity index (χ1v) is 13.0. The van der Waals surface area contributed by atoms with Gasteiger partial charge in [-0.15, -0.1) is 11.3 Å². The molecule has 1 unspecified atom stereocenters. The third-order valence-corrected chi connectivity index (χ3v) is 7.04. The maximum absolute atomic E-state index is 13.5. The highest BCUT2D eigenvalue weighted by molar-refractivity contribution is 7.18. The van der Waals surface area contributed by atoms with E-state index in [4.69, 9.17) is 14.7 Å². The molecule has 0 aliphatic carbocycles. The molecule has 0 aliphatic heterocycles. The van der Waals surface area contributed by atoms with Crippen molar-refractivity contribution in [3.8, 4) is 11.8 Å². The predicted molar refractivity (Wildman–Crippen MR) is 145 cm³/mol. The summed E-state index contributed by atoms with van der Waals surface area (Å²) in [6, 6.07) is 18.6. The van der Waals surface area contributed by atoms with E-state index in [-0.39, 0.29) is 31.3 Å². The quantitative estimate of drug-likeness (QED) is 0.230. The van der Waals surface area contributed by atoms with Crippen LogP contribution in [-0.4, -0.2) is 47.1 Å². The van der Waals surface area contributed by atoms with Crippen LogP contribution in [0.5, 0.6) is 5.75 Å². The number of hydrogen-bond acceptors (Lipinski definition) is 9. The van der Waals surface area contributed by atoms with Gasteiger partial charge in [-0.2, -0.15) is 5.26 Å². The predicted octanol–water partition coefficient (Wildman–Crippen LogP) is 3.46. The van der Waals surface area contributed by atoms with Crippen molar-refractivity contribution >= 4 is 33.2 Å². The molecule has 0 fully saturated rings. The summed E-state index contributed by atoms with van der Waals surface area (Å²) in [6.07, 6.45) is -0.987. The first-order chi connectivity index (χ1) is 18.9. The van der Waals surface area contributed by atoms with Crippen molar-refractivity contribution < 1.29 is 29.3 Å². The highest BCUT2D eigenvalue weighted by Crippen LogP contribution is 2.29. The van der Waals surface area contributed by atoms with Gasteiger partial charge in [0.1, 0.15) is 10.8 Å². The maximum atomic E-state index is 13.5. The summed E-state index contributed by atoms with van der Waals surface area (Å²) in [5.41, 5.74) is 3.31. The number of thiazole rings is 1. The molecule has 1 aromatic heterocycles. The minimum atomic E-state index is -0.979. The number of nitrogens with zero attached hydrogens (tertiary/aromatic N) is 2. The van der Waals surface area contributed by atoms with Gasteiger partial charge in [-0.05, 0) is 65.2 Å². The van der Waals surface area contributed by atoms with Crippen LogP contribution >= 0.6 is 11.3 Å². The Kier molecular flexibility index (Phi) is 9.35. The standard InChI is InChI=1S/C29H27N3O6S/c1-37-11-10-31-29(36)20-6-8-23(9-7-20)38-28(19-4-2-18(15-30)3-5-19)25(35)14-27-32-24-12-21(16-33)22(17-34)13-26(24)39-27/h2-9,12-13,28,33-34H,10-11,14,16-17H2,1H3,(H,31,36). The third kappa shape index (κ3) is 6.85. The Morgan fingerprint density at radius 2 is 1.74 bits per heavy atom. The van der Waals surface area contributed by atoms with Crippen LogP contribution in [0.2, 0.25) is 0 Å². The van der Waals surface area contributed by atoms with E-state index < -0.39 is 6.10 Å². The van der Waals surface area contributed by atoms with E-state index in [0.29, 0.717) is 57.2 Å². The molecule has 1 amide bonds.